The monoisotopic (exact) mass is 616 g/mol. The number of anilines is 2. The molecule has 0 saturated carbocycles. The molecule has 0 spiro atoms. The second kappa shape index (κ2) is 10.9. The van der Waals surface area contributed by atoms with Crippen LogP contribution in [0.2, 0.25) is 0 Å². The van der Waals surface area contributed by atoms with Gasteiger partial charge in [-0.3, -0.25) is 19.1 Å². The van der Waals surface area contributed by atoms with Gasteiger partial charge in [-0.1, -0.05) is 38.6 Å². The average molecular weight is 617 g/mol. The van der Waals surface area contributed by atoms with E-state index in [1.54, 1.807) is 26.1 Å². The summed E-state index contributed by atoms with van der Waals surface area (Å²) in [7, 11) is 1.33. The van der Waals surface area contributed by atoms with Gasteiger partial charge >= 0.3 is 5.69 Å². The maximum Gasteiger partial charge on any atom is 0.354 e. The number of hydrogen-bond acceptors (Lipinski definition) is 6. The highest BCUT2D eigenvalue weighted by molar-refractivity contribution is 6.14. The van der Waals surface area contributed by atoms with Crippen LogP contribution in [0.4, 0.5) is 24.7 Å². The number of fused-ring (bicyclic) bond motifs is 2. The van der Waals surface area contributed by atoms with Crippen LogP contribution < -0.4 is 15.5 Å². The Morgan fingerprint density at radius 1 is 1.07 bits per heavy atom. The number of amides is 2. The molecule has 9 nitrogen and oxygen atoms in total. The first-order valence-electron chi connectivity index (χ1n) is 14.5. The lowest BCUT2D eigenvalue weighted by atomic mass is 9.98. The molecule has 2 aliphatic rings. The van der Waals surface area contributed by atoms with Gasteiger partial charge in [-0.25, -0.2) is 18.0 Å². The van der Waals surface area contributed by atoms with Gasteiger partial charge in [-0.2, -0.15) is 4.98 Å². The summed E-state index contributed by atoms with van der Waals surface area (Å²) >= 11 is 0. The fraction of sp³-hybridized carbons (Fsp3) is 0.303. The first kappa shape index (κ1) is 30.0. The number of likely N-dealkylation sites (N-methyl/N-ethyl adjacent to an activating group) is 1. The third-order valence-corrected chi connectivity index (χ3v) is 8.66. The zero-order valence-corrected chi connectivity index (χ0v) is 25.4. The highest BCUT2D eigenvalue weighted by Gasteiger charge is 2.45. The number of carbonyl (C=O) groups is 2. The number of aromatic nitrogens is 3. The minimum atomic E-state index is -1.19. The Balaban J connectivity index is 1.81. The topological polar surface area (TPSA) is 91.6 Å². The second-order valence-corrected chi connectivity index (χ2v) is 11.7. The van der Waals surface area contributed by atoms with E-state index in [4.69, 9.17) is 0 Å². The molecule has 45 heavy (non-hydrogen) atoms. The summed E-state index contributed by atoms with van der Waals surface area (Å²) in [6.45, 7) is 10.7. The Kier molecular flexibility index (Phi) is 7.25. The molecule has 2 unspecified atom stereocenters. The zero-order chi connectivity index (χ0) is 32.5. The Morgan fingerprint density at radius 2 is 1.78 bits per heavy atom. The lowest BCUT2D eigenvalue weighted by molar-refractivity contribution is -0.130. The third-order valence-electron chi connectivity index (χ3n) is 8.66. The number of benzene rings is 2. The molecule has 232 valence electrons. The van der Waals surface area contributed by atoms with Crippen molar-refractivity contribution in [3.8, 4) is 16.8 Å². The van der Waals surface area contributed by atoms with Crippen LogP contribution in [-0.2, 0) is 9.59 Å². The average Bonchev–Trinajstić information content (AvgIpc) is 3.08. The summed E-state index contributed by atoms with van der Waals surface area (Å²) in [5.74, 6) is -4.61. The van der Waals surface area contributed by atoms with Gasteiger partial charge < -0.3 is 14.7 Å². The summed E-state index contributed by atoms with van der Waals surface area (Å²) in [6.07, 6.45) is 2.72. The van der Waals surface area contributed by atoms with Crippen LogP contribution in [0.3, 0.4) is 0 Å². The number of aryl methyl sites for hydroxylation is 1. The predicted molar refractivity (Wildman–Crippen MR) is 165 cm³/mol. The van der Waals surface area contributed by atoms with E-state index in [2.05, 4.69) is 16.5 Å². The number of nitrogens with zero attached hydrogens (tertiary/aromatic N) is 6. The normalized spacial score (nSPS) is 18.0. The second-order valence-electron chi connectivity index (χ2n) is 11.7. The lowest BCUT2D eigenvalue weighted by Gasteiger charge is -2.44. The lowest BCUT2D eigenvalue weighted by Crippen LogP contribution is -2.63. The standard InChI is InChI=1S/C33H31F3N6O3/c1-7-22(43)40-15-21-32(44)39(6)29-24-30(26(36)23(25(29)35)19-10-8-9-11-20(19)34)42(28-17(4)12-13-37-27(28)16(2)3)33(45)38-31(24)41(21)14-18(40)5/h7-13,16,18,21H,1,14-15H2,2-6H3. The molecule has 0 radical (unpaired) electrons. The predicted octanol–water partition coefficient (Wildman–Crippen LogP) is 4.86. The molecule has 2 aromatic heterocycles. The Morgan fingerprint density at radius 3 is 2.44 bits per heavy atom. The highest BCUT2D eigenvalue weighted by atomic mass is 19.1. The molecule has 0 bridgehead atoms. The van der Waals surface area contributed by atoms with E-state index in [1.165, 1.54) is 35.0 Å². The van der Waals surface area contributed by atoms with E-state index in [9.17, 15) is 14.4 Å². The quantitative estimate of drug-likeness (QED) is 0.304. The van der Waals surface area contributed by atoms with E-state index in [-0.39, 0.29) is 52.7 Å². The van der Waals surface area contributed by atoms with Crippen molar-refractivity contribution in [2.45, 2.75) is 45.7 Å². The van der Waals surface area contributed by atoms with Crippen LogP contribution in [0.1, 0.15) is 37.9 Å². The molecule has 12 heteroatoms. The van der Waals surface area contributed by atoms with Gasteiger partial charge in [0.15, 0.2) is 11.6 Å². The number of hydrogen-bond donors (Lipinski definition) is 0. The Hall–Kier alpha value is -5.00. The van der Waals surface area contributed by atoms with Crippen molar-refractivity contribution < 1.29 is 22.8 Å². The molecule has 2 aromatic carbocycles. The van der Waals surface area contributed by atoms with E-state index in [0.29, 0.717) is 11.3 Å². The number of piperazine rings is 1. The first-order valence-corrected chi connectivity index (χ1v) is 14.5. The zero-order valence-electron chi connectivity index (χ0n) is 25.4. The van der Waals surface area contributed by atoms with Crippen LogP contribution in [0.15, 0.2) is 54.0 Å². The summed E-state index contributed by atoms with van der Waals surface area (Å²) in [6, 6.07) is 5.25. The molecule has 0 aliphatic carbocycles. The van der Waals surface area contributed by atoms with E-state index in [0.717, 1.165) is 21.6 Å². The highest BCUT2D eigenvalue weighted by Crippen LogP contribution is 2.46. The Labute approximate surface area is 257 Å². The smallest absolute Gasteiger partial charge is 0.340 e. The van der Waals surface area contributed by atoms with Crippen molar-refractivity contribution in [1.29, 1.82) is 0 Å². The molecular weight excluding hydrogens is 585 g/mol. The van der Waals surface area contributed by atoms with Crippen molar-refractivity contribution in [3.63, 3.8) is 0 Å². The van der Waals surface area contributed by atoms with Crippen molar-refractivity contribution in [2.75, 3.05) is 29.9 Å². The number of pyridine rings is 1. The minimum absolute atomic E-state index is 0.0380. The van der Waals surface area contributed by atoms with Gasteiger partial charge in [0, 0.05) is 31.4 Å². The van der Waals surface area contributed by atoms with E-state index in [1.807, 2.05) is 13.8 Å². The fourth-order valence-corrected chi connectivity index (χ4v) is 6.47. The molecule has 4 heterocycles. The molecule has 2 atom stereocenters. The van der Waals surface area contributed by atoms with Crippen molar-refractivity contribution in [2.24, 2.45) is 0 Å². The Bertz CT molecular complexity index is 1990. The maximum atomic E-state index is 17.2. The minimum Gasteiger partial charge on any atom is -0.340 e. The maximum absolute atomic E-state index is 17.2. The van der Waals surface area contributed by atoms with Gasteiger partial charge in [-0.15, -0.1) is 0 Å². The van der Waals surface area contributed by atoms with Crippen LogP contribution >= 0.6 is 0 Å². The van der Waals surface area contributed by atoms with Crippen LogP contribution in [0.25, 0.3) is 27.7 Å². The first-order chi connectivity index (χ1) is 21.4. The number of carbonyl (C=O) groups excluding carboxylic acids is 2. The molecule has 2 amide bonds. The number of rotatable bonds is 4. The van der Waals surface area contributed by atoms with Crippen molar-refractivity contribution in [3.05, 3.63) is 88.4 Å². The third kappa shape index (κ3) is 4.41. The van der Waals surface area contributed by atoms with Gasteiger partial charge in [-0.05, 0) is 43.5 Å². The van der Waals surface area contributed by atoms with Crippen molar-refractivity contribution >= 4 is 34.2 Å². The SMILES string of the molecule is C=CC(=O)N1CC2C(=O)N(C)c3c(F)c(-c4ccccc4F)c(F)c4c3c(nc(=O)n4-c3c(C)ccnc3C(C)C)N2CC1C. The molecule has 1 saturated heterocycles. The fourth-order valence-electron chi connectivity index (χ4n) is 6.47. The van der Waals surface area contributed by atoms with Crippen LogP contribution in [0, 0.1) is 24.4 Å². The molecule has 1 fully saturated rings. The molecule has 2 aliphatic heterocycles. The van der Waals surface area contributed by atoms with Gasteiger partial charge in [0.25, 0.3) is 5.91 Å². The van der Waals surface area contributed by atoms with E-state index >= 15 is 13.2 Å². The van der Waals surface area contributed by atoms with Gasteiger partial charge in [0.2, 0.25) is 5.91 Å². The van der Waals surface area contributed by atoms with Crippen molar-refractivity contribution in [1.82, 2.24) is 19.4 Å². The van der Waals surface area contributed by atoms with Crippen LogP contribution in [0.5, 0.6) is 0 Å². The molecule has 6 rings (SSSR count). The summed E-state index contributed by atoms with van der Waals surface area (Å²) in [4.78, 5) is 53.8. The molecule has 0 N–H and O–H groups in total. The number of halogens is 3. The van der Waals surface area contributed by atoms with E-state index < -0.39 is 52.6 Å². The largest absolute Gasteiger partial charge is 0.354 e. The van der Waals surface area contributed by atoms with Gasteiger partial charge in [0.05, 0.1) is 34.6 Å². The van der Waals surface area contributed by atoms with Gasteiger partial charge in [0.1, 0.15) is 23.2 Å². The summed E-state index contributed by atoms with van der Waals surface area (Å²) < 4.78 is 50.3. The summed E-state index contributed by atoms with van der Waals surface area (Å²) in [5.41, 5.74) is -1.42. The summed E-state index contributed by atoms with van der Waals surface area (Å²) in [5, 5.41) is -0.128. The molecule has 4 aromatic rings. The van der Waals surface area contributed by atoms with Crippen LogP contribution in [-0.4, -0.2) is 63.5 Å². The molecular formula is C33H31F3N6O3.